The van der Waals surface area contributed by atoms with Crippen molar-refractivity contribution < 1.29 is 17.7 Å². The maximum Gasteiger partial charge on any atom is 0.323 e. The fraction of sp³-hybridized carbons (Fsp3) is 0.692. The Hall–Kier alpha value is -1.61. The molecular weight excluding hydrogens is 308 g/mol. The van der Waals surface area contributed by atoms with Crippen molar-refractivity contribution in [3.8, 4) is 0 Å². The molecule has 0 unspecified atom stereocenters. The standard InChI is InChI=1S/C13H20N4O4S/c1-9-8-12(15-21-9)14-13(18)17-6-4-10(5-7-17)16-22(19,20)11-2-3-11/h8,10-11,16H,2-7H2,1H3,(H,14,15,18). The highest BCUT2D eigenvalue weighted by molar-refractivity contribution is 7.90. The molecular formula is C13H20N4O4S. The normalized spacial score (nSPS) is 20.1. The highest BCUT2D eigenvalue weighted by Crippen LogP contribution is 2.28. The van der Waals surface area contributed by atoms with Gasteiger partial charge in [-0.2, -0.15) is 0 Å². The smallest absolute Gasteiger partial charge is 0.323 e. The molecule has 2 heterocycles. The number of nitrogens with zero attached hydrogens (tertiary/aromatic N) is 2. The Bertz CT molecular complexity index is 645. The zero-order valence-corrected chi connectivity index (χ0v) is 13.2. The van der Waals surface area contributed by atoms with Crippen LogP contribution in [0, 0.1) is 6.92 Å². The van der Waals surface area contributed by atoms with Crippen molar-refractivity contribution in [2.45, 2.75) is 43.9 Å². The SMILES string of the molecule is Cc1cc(NC(=O)N2CCC(NS(=O)(=O)C3CC3)CC2)no1. The minimum Gasteiger partial charge on any atom is -0.360 e. The largest absolute Gasteiger partial charge is 0.360 e. The first-order valence-corrected chi connectivity index (χ1v) is 8.99. The fourth-order valence-corrected chi connectivity index (χ4v) is 4.17. The van der Waals surface area contributed by atoms with Crippen LogP contribution in [0.3, 0.4) is 0 Å². The van der Waals surface area contributed by atoms with Gasteiger partial charge < -0.3 is 9.42 Å². The number of rotatable bonds is 4. The summed E-state index contributed by atoms with van der Waals surface area (Å²) in [5.74, 6) is 1.02. The molecule has 0 atom stereocenters. The molecule has 1 aromatic rings. The van der Waals surface area contributed by atoms with Crippen LogP contribution in [0.25, 0.3) is 0 Å². The van der Waals surface area contributed by atoms with Crippen LogP contribution >= 0.6 is 0 Å². The number of amides is 2. The number of sulfonamides is 1. The Balaban J connectivity index is 1.47. The Morgan fingerprint density at radius 2 is 2.00 bits per heavy atom. The van der Waals surface area contributed by atoms with E-state index < -0.39 is 10.0 Å². The van der Waals surface area contributed by atoms with Gasteiger partial charge in [-0.3, -0.25) is 5.32 Å². The summed E-state index contributed by atoms with van der Waals surface area (Å²) in [6.07, 6.45) is 2.76. The lowest BCUT2D eigenvalue weighted by Crippen LogP contribution is -2.48. The predicted octanol–water partition coefficient (Wildman–Crippen LogP) is 1.06. The molecule has 2 fully saturated rings. The van der Waals surface area contributed by atoms with E-state index in [9.17, 15) is 13.2 Å². The molecule has 9 heteroatoms. The lowest BCUT2D eigenvalue weighted by molar-refractivity contribution is 0.192. The van der Waals surface area contributed by atoms with Gasteiger partial charge in [-0.15, -0.1) is 0 Å². The van der Waals surface area contributed by atoms with E-state index in [-0.39, 0.29) is 17.3 Å². The summed E-state index contributed by atoms with van der Waals surface area (Å²) >= 11 is 0. The van der Waals surface area contributed by atoms with Gasteiger partial charge in [0.05, 0.1) is 5.25 Å². The second-order valence-corrected chi connectivity index (χ2v) is 7.87. The third kappa shape index (κ3) is 3.58. The van der Waals surface area contributed by atoms with E-state index in [4.69, 9.17) is 4.52 Å². The average molecular weight is 328 g/mol. The van der Waals surface area contributed by atoms with Crippen molar-refractivity contribution in [1.29, 1.82) is 0 Å². The first kappa shape index (κ1) is 15.3. The zero-order valence-electron chi connectivity index (χ0n) is 12.4. The van der Waals surface area contributed by atoms with Crippen LogP contribution in [0.1, 0.15) is 31.4 Å². The van der Waals surface area contributed by atoms with Crippen molar-refractivity contribution in [3.05, 3.63) is 11.8 Å². The van der Waals surface area contributed by atoms with Crippen molar-refractivity contribution in [1.82, 2.24) is 14.8 Å². The number of hydrogen-bond donors (Lipinski definition) is 2. The Labute approximate surface area is 129 Å². The number of carbonyl (C=O) groups is 1. The molecule has 0 spiro atoms. The van der Waals surface area contributed by atoms with Gasteiger partial charge in [-0.25, -0.2) is 17.9 Å². The van der Waals surface area contributed by atoms with Crippen molar-refractivity contribution >= 4 is 21.9 Å². The zero-order chi connectivity index (χ0) is 15.7. The minimum absolute atomic E-state index is 0.0797. The summed E-state index contributed by atoms with van der Waals surface area (Å²) in [4.78, 5) is 13.7. The molecule has 2 amide bonds. The third-order valence-electron chi connectivity index (χ3n) is 3.94. The highest BCUT2D eigenvalue weighted by Gasteiger charge is 2.37. The van der Waals surface area contributed by atoms with Gasteiger partial charge in [-0.1, -0.05) is 5.16 Å². The average Bonchev–Trinajstić information content (AvgIpc) is 3.25. The maximum absolute atomic E-state index is 12.1. The van der Waals surface area contributed by atoms with E-state index in [1.54, 1.807) is 17.9 Å². The molecule has 8 nitrogen and oxygen atoms in total. The quantitative estimate of drug-likeness (QED) is 0.860. The number of aryl methyl sites for hydroxylation is 1. The van der Waals surface area contributed by atoms with Gasteiger partial charge in [-0.05, 0) is 32.6 Å². The Kier molecular flexibility index (Phi) is 4.09. The van der Waals surface area contributed by atoms with E-state index in [1.807, 2.05) is 0 Å². The van der Waals surface area contributed by atoms with E-state index in [0.29, 0.717) is 37.5 Å². The van der Waals surface area contributed by atoms with Gasteiger partial charge in [0.25, 0.3) is 0 Å². The van der Waals surface area contributed by atoms with Crippen molar-refractivity contribution in [3.63, 3.8) is 0 Å². The van der Waals surface area contributed by atoms with Crippen LogP contribution in [-0.2, 0) is 10.0 Å². The summed E-state index contributed by atoms with van der Waals surface area (Å²) in [5.41, 5.74) is 0. The maximum atomic E-state index is 12.1. The van der Waals surface area contributed by atoms with Gasteiger partial charge in [0.2, 0.25) is 10.0 Å². The number of piperidine rings is 1. The summed E-state index contributed by atoms with van der Waals surface area (Å²) in [7, 11) is -3.16. The van der Waals surface area contributed by atoms with Crippen LogP contribution in [0.2, 0.25) is 0 Å². The first-order valence-electron chi connectivity index (χ1n) is 7.44. The number of urea groups is 1. The van der Waals surface area contributed by atoms with E-state index in [0.717, 1.165) is 12.8 Å². The molecule has 1 aliphatic heterocycles. The van der Waals surface area contributed by atoms with E-state index in [2.05, 4.69) is 15.2 Å². The van der Waals surface area contributed by atoms with Crippen LogP contribution in [0.4, 0.5) is 10.6 Å². The molecule has 2 N–H and O–H groups in total. The summed E-state index contributed by atoms with van der Waals surface area (Å²) in [6, 6.07) is 1.33. The Morgan fingerprint density at radius 3 is 2.55 bits per heavy atom. The molecule has 1 aromatic heterocycles. The molecule has 22 heavy (non-hydrogen) atoms. The van der Waals surface area contributed by atoms with Crippen LogP contribution < -0.4 is 10.0 Å². The molecule has 1 saturated heterocycles. The summed E-state index contributed by atoms with van der Waals surface area (Å²) < 4.78 is 31.4. The molecule has 3 rings (SSSR count). The fourth-order valence-electron chi connectivity index (χ4n) is 2.52. The molecule has 1 saturated carbocycles. The summed E-state index contributed by atoms with van der Waals surface area (Å²) in [5, 5.41) is 6.18. The third-order valence-corrected chi connectivity index (χ3v) is 5.95. The summed E-state index contributed by atoms with van der Waals surface area (Å²) in [6.45, 7) is 2.78. The van der Waals surface area contributed by atoms with Crippen molar-refractivity contribution in [2.75, 3.05) is 18.4 Å². The molecule has 0 aromatic carbocycles. The Morgan fingerprint density at radius 1 is 1.32 bits per heavy atom. The monoisotopic (exact) mass is 328 g/mol. The number of hydrogen-bond acceptors (Lipinski definition) is 5. The van der Waals surface area contributed by atoms with Crippen LogP contribution in [-0.4, -0.2) is 48.9 Å². The molecule has 0 bridgehead atoms. The second-order valence-electron chi connectivity index (χ2n) is 5.88. The predicted molar refractivity (Wildman–Crippen MR) is 79.9 cm³/mol. The second kappa shape index (κ2) is 5.88. The molecule has 2 aliphatic rings. The van der Waals surface area contributed by atoms with Gasteiger partial charge in [0, 0.05) is 25.2 Å². The van der Waals surface area contributed by atoms with E-state index in [1.165, 1.54) is 0 Å². The lowest BCUT2D eigenvalue weighted by Gasteiger charge is -2.32. The van der Waals surface area contributed by atoms with Crippen LogP contribution in [0.15, 0.2) is 10.6 Å². The van der Waals surface area contributed by atoms with Crippen molar-refractivity contribution in [2.24, 2.45) is 0 Å². The highest BCUT2D eigenvalue weighted by atomic mass is 32.2. The van der Waals surface area contributed by atoms with Crippen LogP contribution in [0.5, 0.6) is 0 Å². The number of likely N-dealkylation sites (tertiary alicyclic amines) is 1. The molecule has 1 aliphatic carbocycles. The number of nitrogens with one attached hydrogen (secondary N) is 2. The minimum atomic E-state index is -3.16. The lowest BCUT2D eigenvalue weighted by atomic mass is 10.1. The van der Waals surface area contributed by atoms with Gasteiger partial charge in [0.1, 0.15) is 5.76 Å². The first-order chi connectivity index (χ1) is 10.4. The van der Waals surface area contributed by atoms with E-state index >= 15 is 0 Å². The molecule has 122 valence electrons. The van der Waals surface area contributed by atoms with Gasteiger partial charge in [0.15, 0.2) is 5.82 Å². The number of aromatic nitrogens is 1. The number of carbonyl (C=O) groups excluding carboxylic acids is 1. The topological polar surface area (TPSA) is 105 Å². The number of anilines is 1. The van der Waals surface area contributed by atoms with Gasteiger partial charge >= 0.3 is 6.03 Å². The molecule has 0 radical (unpaired) electrons.